The van der Waals surface area contributed by atoms with Gasteiger partial charge in [0.1, 0.15) is 13.2 Å². The molecule has 1 heterocycles. The Morgan fingerprint density at radius 3 is 2.00 bits per heavy atom. The number of fused-ring (bicyclic) bond motifs is 1. The van der Waals surface area contributed by atoms with Crippen LogP contribution in [-0.4, -0.2) is 76.5 Å². The summed E-state index contributed by atoms with van der Waals surface area (Å²) >= 11 is 0. The molecule has 0 saturated carbocycles. The third-order valence-corrected chi connectivity index (χ3v) is 3.66. The van der Waals surface area contributed by atoms with E-state index in [2.05, 4.69) is 23.9 Å². The lowest BCUT2D eigenvalue weighted by Gasteiger charge is -2.18. The lowest BCUT2D eigenvalue weighted by Crippen LogP contribution is -2.30. The molecule has 0 aliphatic carbocycles. The zero-order valence-corrected chi connectivity index (χ0v) is 13.6. The first-order chi connectivity index (χ1) is 10.6. The summed E-state index contributed by atoms with van der Waals surface area (Å²) in [7, 11) is 4.13. The van der Waals surface area contributed by atoms with Crippen molar-refractivity contribution in [2.75, 3.05) is 72.4 Å². The molecule has 0 fully saturated rings. The number of nitrogens with zero attached hydrogens (tertiary/aromatic N) is 2. The molecule has 0 atom stereocenters. The van der Waals surface area contributed by atoms with Crippen LogP contribution < -0.4 is 15.2 Å². The lowest BCUT2D eigenvalue weighted by atomic mass is 10.3. The quantitative estimate of drug-likeness (QED) is 0.719. The first-order valence-corrected chi connectivity index (χ1v) is 7.75. The van der Waals surface area contributed by atoms with Gasteiger partial charge in [-0.25, -0.2) is 0 Å². The summed E-state index contributed by atoms with van der Waals surface area (Å²) in [6.45, 7) is 6.15. The fraction of sp³-hybridized carbons (Fsp3) is 0.625. The smallest absolute Gasteiger partial charge is 0.163 e. The van der Waals surface area contributed by atoms with Crippen LogP contribution in [0.3, 0.4) is 0 Å². The van der Waals surface area contributed by atoms with Crippen molar-refractivity contribution in [1.82, 2.24) is 9.80 Å². The van der Waals surface area contributed by atoms with Gasteiger partial charge in [0.15, 0.2) is 11.5 Å². The molecule has 1 aliphatic heterocycles. The molecule has 0 aromatic heterocycles. The summed E-state index contributed by atoms with van der Waals surface area (Å²) in [6.07, 6.45) is 0. The number of ether oxygens (including phenoxy) is 3. The molecule has 124 valence electrons. The van der Waals surface area contributed by atoms with Gasteiger partial charge < -0.3 is 29.7 Å². The SMILES string of the molecule is CN1CCOCCN(C)CCOc2cc(N)ccc2OCC1. The van der Waals surface area contributed by atoms with Gasteiger partial charge in [-0.3, -0.25) is 0 Å². The topological polar surface area (TPSA) is 60.2 Å². The third kappa shape index (κ3) is 5.71. The van der Waals surface area contributed by atoms with Crippen LogP contribution in [0.2, 0.25) is 0 Å². The number of nitrogens with two attached hydrogens (primary N) is 1. The minimum Gasteiger partial charge on any atom is -0.488 e. The van der Waals surface area contributed by atoms with Crippen molar-refractivity contribution >= 4 is 5.69 Å². The number of likely N-dealkylation sites (N-methyl/N-ethyl adjacent to an activating group) is 2. The van der Waals surface area contributed by atoms with Crippen molar-refractivity contribution < 1.29 is 14.2 Å². The minimum absolute atomic E-state index is 0.593. The number of hydrogen-bond acceptors (Lipinski definition) is 6. The molecule has 1 aromatic rings. The van der Waals surface area contributed by atoms with Gasteiger partial charge in [0.25, 0.3) is 0 Å². The van der Waals surface area contributed by atoms with E-state index in [1.54, 1.807) is 0 Å². The first-order valence-electron chi connectivity index (χ1n) is 7.75. The second-order valence-corrected chi connectivity index (χ2v) is 5.62. The normalized spacial score (nSPS) is 20.1. The molecular weight excluding hydrogens is 282 g/mol. The Hall–Kier alpha value is -1.50. The van der Waals surface area contributed by atoms with Gasteiger partial charge in [-0.15, -0.1) is 0 Å². The Balaban J connectivity index is 2.01. The number of anilines is 1. The van der Waals surface area contributed by atoms with Crippen LogP contribution in [-0.2, 0) is 4.74 Å². The van der Waals surface area contributed by atoms with E-state index >= 15 is 0 Å². The molecule has 0 bridgehead atoms. The van der Waals surface area contributed by atoms with Gasteiger partial charge in [-0.2, -0.15) is 0 Å². The highest BCUT2D eigenvalue weighted by atomic mass is 16.5. The second-order valence-electron chi connectivity index (χ2n) is 5.62. The maximum atomic E-state index is 5.84. The molecule has 1 aromatic carbocycles. The average molecular weight is 309 g/mol. The van der Waals surface area contributed by atoms with E-state index in [4.69, 9.17) is 19.9 Å². The standard InChI is InChI=1S/C16H27N3O3/c1-18-5-9-20-10-6-19(2)8-12-22-16-13-14(17)3-4-15(16)21-11-7-18/h3-4,13H,5-12,17H2,1-2H3. The van der Waals surface area contributed by atoms with Gasteiger partial charge in [0, 0.05) is 37.9 Å². The molecule has 6 heteroatoms. The number of benzene rings is 1. The Labute approximate surface area is 132 Å². The minimum atomic E-state index is 0.593. The third-order valence-electron chi connectivity index (χ3n) is 3.66. The highest BCUT2D eigenvalue weighted by molar-refractivity contribution is 5.51. The van der Waals surface area contributed by atoms with E-state index in [1.165, 1.54) is 0 Å². The molecule has 2 N–H and O–H groups in total. The molecule has 0 spiro atoms. The second kappa shape index (κ2) is 8.82. The Bertz CT molecular complexity index is 456. The van der Waals surface area contributed by atoms with Crippen LogP contribution in [0.5, 0.6) is 11.5 Å². The van der Waals surface area contributed by atoms with Crippen LogP contribution in [0.25, 0.3) is 0 Å². The van der Waals surface area contributed by atoms with E-state index < -0.39 is 0 Å². The largest absolute Gasteiger partial charge is 0.488 e. The van der Waals surface area contributed by atoms with Crippen LogP contribution in [0, 0.1) is 0 Å². The molecule has 1 aliphatic rings. The van der Waals surface area contributed by atoms with Gasteiger partial charge in [0.05, 0.1) is 13.2 Å². The van der Waals surface area contributed by atoms with Crippen molar-refractivity contribution in [2.24, 2.45) is 0 Å². The monoisotopic (exact) mass is 309 g/mol. The fourth-order valence-electron chi connectivity index (χ4n) is 2.15. The zero-order chi connectivity index (χ0) is 15.8. The van der Waals surface area contributed by atoms with Gasteiger partial charge in [-0.1, -0.05) is 0 Å². The van der Waals surface area contributed by atoms with Crippen molar-refractivity contribution in [3.05, 3.63) is 18.2 Å². The van der Waals surface area contributed by atoms with E-state index in [0.29, 0.717) is 24.7 Å². The van der Waals surface area contributed by atoms with Crippen molar-refractivity contribution in [3.63, 3.8) is 0 Å². The molecule has 0 amide bonds. The highest BCUT2D eigenvalue weighted by Crippen LogP contribution is 2.29. The maximum Gasteiger partial charge on any atom is 0.163 e. The van der Waals surface area contributed by atoms with Gasteiger partial charge in [0.2, 0.25) is 0 Å². The van der Waals surface area contributed by atoms with E-state index in [9.17, 15) is 0 Å². The summed E-state index contributed by atoms with van der Waals surface area (Å²) in [4.78, 5) is 4.39. The van der Waals surface area contributed by atoms with Crippen molar-refractivity contribution in [1.29, 1.82) is 0 Å². The number of rotatable bonds is 0. The Kier molecular flexibility index (Phi) is 6.76. The van der Waals surface area contributed by atoms with Gasteiger partial charge in [-0.05, 0) is 26.2 Å². The molecule has 22 heavy (non-hydrogen) atoms. The van der Waals surface area contributed by atoms with E-state index in [1.807, 2.05) is 18.2 Å². The molecule has 0 unspecified atom stereocenters. The molecule has 0 radical (unpaired) electrons. The molecular formula is C16H27N3O3. The van der Waals surface area contributed by atoms with E-state index in [0.717, 1.165) is 45.1 Å². The molecule has 6 nitrogen and oxygen atoms in total. The van der Waals surface area contributed by atoms with Crippen molar-refractivity contribution in [2.45, 2.75) is 0 Å². The van der Waals surface area contributed by atoms with Crippen LogP contribution in [0.15, 0.2) is 18.2 Å². The van der Waals surface area contributed by atoms with Crippen LogP contribution >= 0.6 is 0 Å². The first kappa shape index (κ1) is 16.9. The zero-order valence-electron chi connectivity index (χ0n) is 13.6. The van der Waals surface area contributed by atoms with Gasteiger partial charge >= 0.3 is 0 Å². The van der Waals surface area contributed by atoms with Crippen LogP contribution in [0.1, 0.15) is 0 Å². The molecule has 2 rings (SSSR count). The Morgan fingerprint density at radius 2 is 1.36 bits per heavy atom. The number of hydrogen-bond donors (Lipinski definition) is 1. The predicted octanol–water partition coefficient (Wildman–Crippen LogP) is 0.920. The summed E-state index contributed by atoms with van der Waals surface area (Å²) in [5.41, 5.74) is 6.52. The van der Waals surface area contributed by atoms with Crippen molar-refractivity contribution in [3.8, 4) is 11.5 Å². The average Bonchev–Trinajstić information content (AvgIpc) is 2.48. The lowest BCUT2D eigenvalue weighted by molar-refractivity contribution is 0.0895. The predicted molar refractivity (Wildman–Crippen MR) is 87.7 cm³/mol. The highest BCUT2D eigenvalue weighted by Gasteiger charge is 2.08. The number of nitrogen functional groups attached to an aromatic ring is 1. The summed E-state index contributed by atoms with van der Waals surface area (Å²) in [5.74, 6) is 1.46. The summed E-state index contributed by atoms with van der Waals surface area (Å²) < 4.78 is 17.3. The summed E-state index contributed by atoms with van der Waals surface area (Å²) in [5, 5.41) is 0. The van der Waals surface area contributed by atoms with Crippen LogP contribution in [0.4, 0.5) is 5.69 Å². The summed E-state index contributed by atoms with van der Waals surface area (Å²) in [6, 6.07) is 5.52. The molecule has 0 saturated heterocycles. The maximum absolute atomic E-state index is 5.84. The fourth-order valence-corrected chi connectivity index (χ4v) is 2.15. The Morgan fingerprint density at radius 1 is 0.818 bits per heavy atom. The van der Waals surface area contributed by atoms with E-state index in [-0.39, 0.29) is 0 Å².